The molecular weight excluding hydrogens is 437 g/mol. The second-order valence-corrected chi connectivity index (χ2v) is 6.46. The van der Waals surface area contributed by atoms with Gasteiger partial charge >= 0.3 is 18.2 Å². The van der Waals surface area contributed by atoms with E-state index in [2.05, 4.69) is 9.97 Å². The summed E-state index contributed by atoms with van der Waals surface area (Å²) in [6, 6.07) is 4.00. The molecule has 0 unspecified atom stereocenters. The third kappa shape index (κ3) is 5.98. The van der Waals surface area contributed by atoms with Crippen molar-refractivity contribution >= 4 is 5.97 Å². The molecule has 0 bridgehead atoms. The Hall–Kier alpha value is -3.12. The predicted molar refractivity (Wildman–Crippen MR) is 102 cm³/mol. The van der Waals surface area contributed by atoms with Crippen molar-refractivity contribution < 1.29 is 46.4 Å². The van der Waals surface area contributed by atoms with Crippen molar-refractivity contribution in [1.29, 1.82) is 0 Å². The van der Waals surface area contributed by atoms with Gasteiger partial charge in [-0.25, -0.2) is 4.79 Å². The molecule has 0 spiro atoms. The van der Waals surface area contributed by atoms with Crippen LogP contribution in [-0.2, 0) is 20.4 Å². The molecule has 0 saturated carbocycles. The number of esters is 1. The third-order valence-electron chi connectivity index (χ3n) is 4.30. The summed E-state index contributed by atoms with van der Waals surface area (Å²) in [7, 11) is 2.66. The molecule has 1 aromatic heterocycles. The highest BCUT2D eigenvalue weighted by molar-refractivity contribution is 5.94. The summed E-state index contributed by atoms with van der Waals surface area (Å²) in [5.41, 5.74) is -2.03. The van der Waals surface area contributed by atoms with Gasteiger partial charge < -0.3 is 28.4 Å². The molecule has 0 atom stereocenters. The standard InChI is InChI=1S/C20H21F3N2O7/c1-27-14-11-15(28-2)25-19(24-14)32-13-6-3-5-12(20(21,22)23)17(13)18(26)31-10-7-16-29-8-4-9-30-16/h3,5-6,11,16H,4,7-10H2,1-2H3. The molecule has 2 aromatic rings. The number of halogens is 3. The van der Waals surface area contributed by atoms with Crippen LogP contribution in [0.25, 0.3) is 0 Å². The summed E-state index contributed by atoms with van der Waals surface area (Å²) >= 11 is 0. The van der Waals surface area contributed by atoms with E-state index in [1.54, 1.807) is 0 Å². The van der Waals surface area contributed by atoms with Crippen LogP contribution in [0.2, 0.25) is 0 Å². The van der Waals surface area contributed by atoms with Crippen LogP contribution in [0.5, 0.6) is 23.5 Å². The molecule has 1 fully saturated rings. The minimum atomic E-state index is -4.84. The van der Waals surface area contributed by atoms with Crippen LogP contribution >= 0.6 is 0 Å². The third-order valence-corrected chi connectivity index (χ3v) is 4.30. The molecular formula is C20H21F3N2O7. The number of alkyl halides is 3. The highest BCUT2D eigenvalue weighted by atomic mass is 19.4. The molecule has 12 heteroatoms. The van der Waals surface area contributed by atoms with E-state index < -0.39 is 35.3 Å². The molecule has 0 N–H and O–H groups in total. The lowest BCUT2D eigenvalue weighted by atomic mass is 10.1. The molecule has 1 saturated heterocycles. The summed E-state index contributed by atoms with van der Waals surface area (Å²) in [4.78, 5) is 20.5. The van der Waals surface area contributed by atoms with Crippen molar-refractivity contribution in [1.82, 2.24) is 9.97 Å². The van der Waals surface area contributed by atoms with Crippen molar-refractivity contribution in [3.8, 4) is 23.5 Å². The Morgan fingerprint density at radius 2 is 1.78 bits per heavy atom. The van der Waals surface area contributed by atoms with E-state index in [0.717, 1.165) is 18.6 Å². The van der Waals surface area contributed by atoms with Gasteiger partial charge in [-0.1, -0.05) is 6.07 Å². The summed E-state index contributed by atoms with van der Waals surface area (Å²) in [6.07, 6.45) is -4.50. The maximum Gasteiger partial charge on any atom is 0.417 e. The highest BCUT2D eigenvalue weighted by Gasteiger charge is 2.38. The van der Waals surface area contributed by atoms with E-state index >= 15 is 0 Å². The summed E-state index contributed by atoms with van der Waals surface area (Å²) < 4.78 is 71.9. The van der Waals surface area contributed by atoms with Gasteiger partial charge in [-0.05, 0) is 18.6 Å². The van der Waals surface area contributed by atoms with Gasteiger partial charge in [0, 0.05) is 6.42 Å². The van der Waals surface area contributed by atoms with Crippen LogP contribution in [0.15, 0.2) is 24.3 Å². The number of aromatic nitrogens is 2. The predicted octanol–water partition coefficient (Wildman–Crippen LogP) is 3.61. The first kappa shape index (κ1) is 23.5. The second-order valence-electron chi connectivity index (χ2n) is 6.46. The van der Waals surface area contributed by atoms with Crippen LogP contribution in [0.1, 0.15) is 28.8 Å². The number of hydrogen-bond acceptors (Lipinski definition) is 9. The first-order valence-electron chi connectivity index (χ1n) is 9.57. The topological polar surface area (TPSA) is 98.2 Å². The number of nitrogens with zero attached hydrogens (tertiary/aromatic N) is 2. The number of benzene rings is 1. The lowest BCUT2D eigenvalue weighted by Crippen LogP contribution is -2.26. The SMILES string of the molecule is COc1cc(OC)nc(Oc2cccc(C(F)(F)F)c2C(=O)OCCC2OCCCO2)n1. The normalized spacial score (nSPS) is 14.7. The lowest BCUT2D eigenvalue weighted by Gasteiger charge is -2.23. The lowest BCUT2D eigenvalue weighted by molar-refractivity contribution is -0.184. The average Bonchev–Trinajstić information content (AvgIpc) is 2.78. The van der Waals surface area contributed by atoms with Crippen LogP contribution < -0.4 is 14.2 Å². The molecule has 1 aromatic carbocycles. The van der Waals surface area contributed by atoms with Crippen LogP contribution in [0.3, 0.4) is 0 Å². The maximum atomic E-state index is 13.6. The monoisotopic (exact) mass is 458 g/mol. The van der Waals surface area contributed by atoms with Gasteiger partial charge in [0.05, 0.1) is 45.7 Å². The molecule has 0 radical (unpaired) electrons. The molecule has 32 heavy (non-hydrogen) atoms. The van der Waals surface area contributed by atoms with Gasteiger partial charge in [0.25, 0.3) is 0 Å². The molecule has 174 valence electrons. The van der Waals surface area contributed by atoms with Crippen molar-refractivity contribution in [2.75, 3.05) is 34.0 Å². The zero-order valence-corrected chi connectivity index (χ0v) is 17.3. The number of carbonyl (C=O) groups excluding carboxylic acids is 1. The fraction of sp³-hybridized carbons (Fsp3) is 0.450. The van der Waals surface area contributed by atoms with E-state index in [-0.39, 0.29) is 30.8 Å². The molecule has 1 aliphatic heterocycles. The molecule has 9 nitrogen and oxygen atoms in total. The summed E-state index contributed by atoms with van der Waals surface area (Å²) in [6.45, 7) is 0.785. The Labute approximate surface area is 181 Å². The minimum Gasteiger partial charge on any atom is -0.481 e. The quantitative estimate of drug-likeness (QED) is 0.550. The van der Waals surface area contributed by atoms with E-state index in [9.17, 15) is 18.0 Å². The second kappa shape index (κ2) is 10.5. The van der Waals surface area contributed by atoms with E-state index in [1.165, 1.54) is 26.4 Å². The Kier molecular flexibility index (Phi) is 7.70. The Bertz CT molecular complexity index is 912. The number of rotatable bonds is 8. The molecule has 1 aliphatic rings. The zero-order chi connectivity index (χ0) is 23.1. The average molecular weight is 458 g/mol. The summed E-state index contributed by atoms with van der Waals surface area (Å²) in [5.74, 6) is -1.56. The smallest absolute Gasteiger partial charge is 0.417 e. The van der Waals surface area contributed by atoms with Crippen LogP contribution in [-0.4, -0.2) is 56.3 Å². The van der Waals surface area contributed by atoms with Gasteiger partial charge in [0.2, 0.25) is 11.8 Å². The van der Waals surface area contributed by atoms with Gasteiger partial charge in [-0.2, -0.15) is 23.1 Å². The molecule has 2 heterocycles. The van der Waals surface area contributed by atoms with Crippen LogP contribution in [0, 0.1) is 0 Å². The van der Waals surface area contributed by atoms with E-state index in [4.69, 9.17) is 28.4 Å². The highest BCUT2D eigenvalue weighted by Crippen LogP contribution is 2.38. The van der Waals surface area contributed by atoms with Crippen molar-refractivity contribution in [2.24, 2.45) is 0 Å². The van der Waals surface area contributed by atoms with E-state index in [0.29, 0.717) is 13.2 Å². The largest absolute Gasteiger partial charge is 0.481 e. The van der Waals surface area contributed by atoms with Gasteiger partial charge in [-0.3, -0.25) is 0 Å². The maximum absolute atomic E-state index is 13.6. The Morgan fingerprint density at radius 3 is 2.38 bits per heavy atom. The van der Waals surface area contributed by atoms with Gasteiger partial charge in [0.15, 0.2) is 6.29 Å². The molecule has 3 rings (SSSR count). The zero-order valence-electron chi connectivity index (χ0n) is 17.3. The first-order valence-corrected chi connectivity index (χ1v) is 9.57. The van der Waals surface area contributed by atoms with Gasteiger partial charge in [0.1, 0.15) is 11.3 Å². The first-order chi connectivity index (χ1) is 15.3. The van der Waals surface area contributed by atoms with Crippen LogP contribution in [0.4, 0.5) is 13.2 Å². The molecule has 0 amide bonds. The molecule has 0 aliphatic carbocycles. The van der Waals surface area contributed by atoms with Crippen molar-refractivity contribution in [2.45, 2.75) is 25.3 Å². The Morgan fingerprint density at radius 1 is 1.12 bits per heavy atom. The fourth-order valence-electron chi connectivity index (χ4n) is 2.82. The van der Waals surface area contributed by atoms with Crippen molar-refractivity contribution in [3.05, 3.63) is 35.4 Å². The Balaban J connectivity index is 1.85. The minimum absolute atomic E-state index is 0.0513. The number of hydrogen-bond donors (Lipinski definition) is 0. The summed E-state index contributed by atoms with van der Waals surface area (Å²) in [5, 5.41) is 0. The number of methoxy groups -OCH3 is 2. The van der Waals surface area contributed by atoms with Gasteiger partial charge in [-0.15, -0.1) is 0 Å². The number of ether oxygens (including phenoxy) is 6. The fourth-order valence-corrected chi connectivity index (χ4v) is 2.82. The van der Waals surface area contributed by atoms with Crippen molar-refractivity contribution in [3.63, 3.8) is 0 Å². The number of carbonyl (C=O) groups is 1. The van der Waals surface area contributed by atoms with E-state index in [1.807, 2.05) is 0 Å².